The number of nitriles is 1. The second-order valence-corrected chi connectivity index (χ2v) is 7.44. The van der Waals surface area contributed by atoms with Gasteiger partial charge in [-0.2, -0.15) is 5.26 Å². The Kier molecular flexibility index (Phi) is 4.95. The lowest BCUT2D eigenvalue weighted by Gasteiger charge is -2.29. The Bertz CT molecular complexity index is 1360. The number of fused-ring (bicyclic) bond motifs is 2. The number of aromatic nitrogens is 2. The molecular weight excluding hydrogens is 388 g/mol. The molecule has 0 radical (unpaired) electrons. The van der Waals surface area contributed by atoms with E-state index in [1.807, 2.05) is 54.6 Å². The van der Waals surface area contributed by atoms with Crippen LogP contribution in [-0.4, -0.2) is 42.1 Å². The van der Waals surface area contributed by atoms with Crippen LogP contribution in [-0.2, 0) is 4.74 Å². The maximum absolute atomic E-state index is 13.2. The first kappa shape index (κ1) is 19.0. The molecule has 0 saturated carbocycles. The fourth-order valence-electron chi connectivity index (χ4n) is 3.97. The van der Waals surface area contributed by atoms with Gasteiger partial charge < -0.3 is 14.6 Å². The number of morpholine rings is 1. The molecule has 1 aliphatic heterocycles. The SMILES string of the molecule is N#CC(=Cc1cc2ccccc2nc1N1CCOCC1)C(=O)c1c[nH]c2ccccc12. The van der Waals surface area contributed by atoms with Crippen molar-refractivity contribution in [1.29, 1.82) is 5.26 Å². The van der Waals surface area contributed by atoms with Crippen LogP contribution in [0, 0.1) is 11.3 Å². The lowest BCUT2D eigenvalue weighted by atomic mass is 10.0. The average molecular weight is 408 g/mol. The Morgan fingerprint density at radius 2 is 1.90 bits per heavy atom. The largest absolute Gasteiger partial charge is 0.378 e. The summed E-state index contributed by atoms with van der Waals surface area (Å²) in [6.45, 7) is 2.67. The van der Waals surface area contributed by atoms with E-state index in [0.29, 0.717) is 31.9 Å². The quantitative estimate of drug-likeness (QED) is 0.309. The fraction of sp³-hybridized carbons (Fsp3) is 0.160. The average Bonchev–Trinajstić information content (AvgIpc) is 3.26. The molecule has 0 bridgehead atoms. The van der Waals surface area contributed by atoms with E-state index in [4.69, 9.17) is 9.72 Å². The number of Topliss-reactive ketones (excluding diaryl/α,β-unsaturated/α-hetero) is 1. The van der Waals surface area contributed by atoms with Gasteiger partial charge in [-0.15, -0.1) is 0 Å². The number of hydrogen-bond acceptors (Lipinski definition) is 5. The number of allylic oxidation sites excluding steroid dienone is 1. The number of carbonyl (C=O) groups excluding carboxylic acids is 1. The normalized spacial score (nSPS) is 14.7. The molecule has 6 nitrogen and oxygen atoms in total. The summed E-state index contributed by atoms with van der Waals surface area (Å²) in [6, 6.07) is 19.5. The minimum atomic E-state index is -0.305. The van der Waals surface area contributed by atoms with Crippen molar-refractivity contribution in [1.82, 2.24) is 9.97 Å². The number of carbonyl (C=O) groups is 1. The van der Waals surface area contributed by atoms with Crippen molar-refractivity contribution in [3.63, 3.8) is 0 Å². The predicted octanol–water partition coefficient (Wildman–Crippen LogP) is 4.34. The Balaban J connectivity index is 1.62. The second-order valence-electron chi connectivity index (χ2n) is 7.44. The van der Waals surface area contributed by atoms with Crippen LogP contribution >= 0.6 is 0 Å². The van der Waals surface area contributed by atoms with E-state index in [9.17, 15) is 10.1 Å². The van der Waals surface area contributed by atoms with Crippen molar-refractivity contribution in [2.75, 3.05) is 31.2 Å². The van der Waals surface area contributed by atoms with Gasteiger partial charge in [-0.3, -0.25) is 4.79 Å². The Morgan fingerprint density at radius 1 is 1.13 bits per heavy atom. The van der Waals surface area contributed by atoms with Crippen LogP contribution in [0.2, 0.25) is 0 Å². The van der Waals surface area contributed by atoms with Crippen LogP contribution in [0.15, 0.2) is 66.4 Å². The van der Waals surface area contributed by atoms with Crippen LogP contribution in [0.5, 0.6) is 0 Å². The van der Waals surface area contributed by atoms with Crippen LogP contribution in [0.4, 0.5) is 5.82 Å². The van der Waals surface area contributed by atoms with Crippen LogP contribution in [0.1, 0.15) is 15.9 Å². The van der Waals surface area contributed by atoms with Crippen molar-refractivity contribution in [2.24, 2.45) is 0 Å². The van der Waals surface area contributed by atoms with Gasteiger partial charge in [0.2, 0.25) is 5.78 Å². The van der Waals surface area contributed by atoms with Crippen LogP contribution < -0.4 is 4.90 Å². The molecule has 0 amide bonds. The van der Waals surface area contributed by atoms with Crippen molar-refractivity contribution >= 4 is 39.5 Å². The lowest BCUT2D eigenvalue weighted by molar-refractivity contribution is 0.104. The van der Waals surface area contributed by atoms with E-state index < -0.39 is 0 Å². The molecule has 4 aromatic rings. The Labute approximate surface area is 179 Å². The molecule has 1 aliphatic rings. The summed E-state index contributed by atoms with van der Waals surface area (Å²) >= 11 is 0. The highest BCUT2D eigenvalue weighted by Gasteiger charge is 2.20. The Hall–Kier alpha value is -3.95. The first-order valence-corrected chi connectivity index (χ1v) is 10.2. The van der Waals surface area contributed by atoms with E-state index >= 15 is 0 Å². The molecule has 5 rings (SSSR count). The van der Waals surface area contributed by atoms with E-state index in [0.717, 1.165) is 33.2 Å². The highest BCUT2D eigenvalue weighted by molar-refractivity contribution is 6.20. The monoisotopic (exact) mass is 408 g/mol. The van der Waals surface area contributed by atoms with Gasteiger partial charge in [-0.05, 0) is 24.3 Å². The van der Waals surface area contributed by atoms with Crippen molar-refractivity contribution in [2.45, 2.75) is 0 Å². The van der Waals surface area contributed by atoms with Gasteiger partial charge >= 0.3 is 0 Å². The van der Waals surface area contributed by atoms with Gasteiger partial charge in [0.25, 0.3) is 0 Å². The van der Waals surface area contributed by atoms with Crippen LogP contribution in [0.25, 0.3) is 27.9 Å². The van der Waals surface area contributed by atoms with Gasteiger partial charge in [-0.1, -0.05) is 36.4 Å². The number of H-pyrrole nitrogens is 1. The van der Waals surface area contributed by atoms with Gasteiger partial charge in [-0.25, -0.2) is 4.98 Å². The van der Waals surface area contributed by atoms with Crippen molar-refractivity contribution < 1.29 is 9.53 Å². The van der Waals surface area contributed by atoms with Crippen molar-refractivity contribution in [3.8, 4) is 6.07 Å². The molecule has 152 valence electrons. The molecule has 1 N–H and O–H groups in total. The van der Waals surface area contributed by atoms with Gasteiger partial charge in [0, 0.05) is 46.7 Å². The summed E-state index contributed by atoms with van der Waals surface area (Å²) in [5.41, 5.74) is 3.07. The van der Waals surface area contributed by atoms with Gasteiger partial charge in [0.1, 0.15) is 17.5 Å². The molecule has 31 heavy (non-hydrogen) atoms. The smallest absolute Gasteiger partial charge is 0.205 e. The summed E-state index contributed by atoms with van der Waals surface area (Å²) in [5, 5.41) is 11.6. The topological polar surface area (TPSA) is 82.0 Å². The maximum atomic E-state index is 13.2. The number of pyridine rings is 1. The molecule has 3 heterocycles. The first-order chi connectivity index (χ1) is 15.2. The van der Waals surface area contributed by atoms with E-state index in [-0.39, 0.29) is 11.4 Å². The number of hydrogen-bond donors (Lipinski definition) is 1. The molecule has 0 spiro atoms. The third-order valence-corrected chi connectivity index (χ3v) is 5.54. The number of ketones is 1. The zero-order valence-corrected chi connectivity index (χ0v) is 16.8. The third kappa shape index (κ3) is 3.56. The first-order valence-electron chi connectivity index (χ1n) is 10.2. The minimum absolute atomic E-state index is 0.0799. The highest BCUT2D eigenvalue weighted by atomic mass is 16.5. The summed E-state index contributed by atoms with van der Waals surface area (Å²) < 4.78 is 5.48. The molecule has 2 aromatic carbocycles. The lowest BCUT2D eigenvalue weighted by Crippen LogP contribution is -2.37. The highest BCUT2D eigenvalue weighted by Crippen LogP contribution is 2.28. The molecule has 6 heteroatoms. The molecule has 2 aromatic heterocycles. The third-order valence-electron chi connectivity index (χ3n) is 5.54. The summed E-state index contributed by atoms with van der Waals surface area (Å²) in [4.78, 5) is 23.4. The molecule has 0 atom stereocenters. The fourth-order valence-corrected chi connectivity index (χ4v) is 3.97. The standard InChI is InChI=1S/C25H20N4O2/c26-15-19(24(30)21-16-27-23-8-4-2-6-20(21)23)14-18-13-17-5-1-3-7-22(17)28-25(18)29-9-11-31-12-10-29/h1-8,13-14,16,27H,9-12H2. The number of ether oxygens (including phenoxy) is 1. The summed E-state index contributed by atoms with van der Waals surface area (Å²) in [7, 11) is 0. The number of para-hydroxylation sites is 2. The predicted molar refractivity (Wildman–Crippen MR) is 121 cm³/mol. The zero-order chi connectivity index (χ0) is 21.2. The van der Waals surface area contributed by atoms with Gasteiger partial charge in [0.15, 0.2) is 0 Å². The van der Waals surface area contributed by atoms with Crippen molar-refractivity contribution in [3.05, 3.63) is 77.5 Å². The molecule has 1 saturated heterocycles. The minimum Gasteiger partial charge on any atom is -0.378 e. The number of nitrogens with zero attached hydrogens (tertiary/aromatic N) is 3. The van der Waals surface area contributed by atoms with E-state index in [2.05, 4.69) is 16.0 Å². The summed E-state index contributed by atoms with van der Waals surface area (Å²) in [5.74, 6) is 0.461. The van der Waals surface area contributed by atoms with E-state index in [1.54, 1.807) is 12.3 Å². The number of rotatable bonds is 4. The number of aromatic amines is 1. The summed E-state index contributed by atoms with van der Waals surface area (Å²) in [6.07, 6.45) is 3.33. The van der Waals surface area contributed by atoms with Crippen LogP contribution in [0.3, 0.4) is 0 Å². The maximum Gasteiger partial charge on any atom is 0.205 e. The second kappa shape index (κ2) is 8.05. The number of anilines is 1. The Morgan fingerprint density at radius 3 is 2.74 bits per heavy atom. The molecule has 0 aliphatic carbocycles. The zero-order valence-electron chi connectivity index (χ0n) is 16.8. The van der Waals surface area contributed by atoms with Gasteiger partial charge in [0.05, 0.1) is 18.7 Å². The molecule has 0 unspecified atom stereocenters. The number of benzene rings is 2. The number of nitrogens with one attached hydrogen (secondary N) is 1. The molecule has 1 fully saturated rings. The molecular formula is C25H20N4O2. The van der Waals surface area contributed by atoms with E-state index in [1.165, 1.54) is 0 Å².